The number of aromatic nitrogens is 2. The SMILES string of the molecule is CSc1ccc(NC(C)c2ccc(C)o2)nn1. The van der Waals surface area contributed by atoms with Gasteiger partial charge in [0.25, 0.3) is 0 Å². The molecule has 0 aliphatic carbocycles. The Balaban J connectivity index is 2.04. The van der Waals surface area contributed by atoms with Gasteiger partial charge in [0.15, 0.2) is 0 Å². The molecule has 1 unspecified atom stereocenters. The van der Waals surface area contributed by atoms with Gasteiger partial charge in [-0.25, -0.2) is 0 Å². The maximum Gasteiger partial charge on any atom is 0.149 e. The predicted octanol–water partition coefficient (Wildman–Crippen LogP) is 3.27. The minimum atomic E-state index is 0.0816. The summed E-state index contributed by atoms with van der Waals surface area (Å²) in [6.07, 6.45) is 1.98. The van der Waals surface area contributed by atoms with Crippen molar-refractivity contribution < 1.29 is 4.42 Å². The van der Waals surface area contributed by atoms with Crippen LogP contribution in [0, 0.1) is 6.92 Å². The standard InChI is InChI=1S/C12H15N3OS/c1-8-4-5-10(16-8)9(2)13-11-6-7-12(17-3)15-14-11/h4-7,9H,1-3H3,(H,13,14). The third kappa shape index (κ3) is 3.00. The van der Waals surface area contributed by atoms with Crippen molar-refractivity contribution in [3.05, 3.63) is 35.8 Å². The number of rotatable bonds is 4. The molecule has 0 aliphatic rings. The van der Waals surface area contributed by atoms with E-state index in [4.69, 9.17) is 4.42 Å². The topological polar surface area (TPSA) is 51.0 Å². The van der Waals surface area contributed by atoms with Crippen molar-refractivity contribution in [3.8, 4) is 0 Å². The summed E-state index contributed by atoms with van der Waals surface area (Å²) in [4.78, 5) is 0. The van der Waals surface area contributed by atoms with Crippen molar-refractivity contribution in [2.75, 3.05) is 11.6 Å². The summed E-state index contributed by atoms with van der Waals surface area (Å²) >= 11 is 1.58. The van der Waals surface area contributed by atoms with Gasteiger partial charge in [0.05, 0.1) is 6.04 Å². The largest absolute Gasteiger partial charge is 0.464 e. The number of hydrogen-bond acceptors (Lipinski definition) is 5. The van der Waals surface area contributed by atoms with Gasteiger partial charge in [-0.1, -0.05) is 0 Å². The first-order valence-electron chi connectivity index (χ1n) is 5.39. The highest BCUT2D eigenvalue weighted by atomic mass is 32.2. The first-order valence-corrected chi connectivity index (χ1v) is 6.62. The smallest absolute Gasteiger partial charge is 0.149 e. The summed E-state index contributed by atoms with van der Waals surface area (Å²) in [6.45, 7) is 3.96. The second-order valence-corrected chi connectivity index (χ2v) is 4.60. The average Bonchev–Trinajstić information content (AvgIpc) is 2.77. The van der Waals surface area contributed by atoms with Crippen molar-refractivity contribution >= 4 is 17.6 Å². The van der Waals surface area contributed by atoms with Crippen molar-refractivity contribution in [2.24, 2.45) is 0 Å². The molecule has 90 valence electrons. The van der Waals surface area contributed by atoms with Crippen LogP contribution in [0.25, 0.3) is 0 Å². The van der Waals surface area contributed by atoms with Crippen LogP contribution in [0.15, 0.2) is 33.7 Å². The highest BCUT2D eigenvalue weighted by molar-refractivity contribution is 7.98. The lowest BCUT2D eigenvalue weighted by atomic mass is 10.2. The molecule has 0 fully saturated rings. The lowest BCUT2D eigenvalue weighted by molar-refractivity contribution is 0.466. The first kappa shape index (κ1) is 12.0. The molecule has 2 aromatic rings. The van der Waals surface area contributed by atoms with Crippen LogP contribution in [-0.4, -0.2) is 16.5 Å². The fraction of sp³-hybridized carbons (Fsp3) is 0.333. The second kappa shape index (κ2) is 5.23. The monoisotopic (exact) mass is 249 g/mol. The number of aryl methyl sites for hydroxylation is 1. The van der Waals surface area contributed by atoms with E-state index in [0.717, 1.165) is 22.4 Å². The Labute approximate surface area is 105 Å². The first-order chi connectivity index (χ1) is 8.19. The fourth-order valence-electron chi connectivity index (χ4n) is 1.48. The van der Waals surface area contributed by atoms with Crippen molar-refractivity contribution in [2.45, 2.75) is 24.9 Å². The van der Waals surface area contributed by atoms with Crippen LogP contribution in [0.1, 0.15) is 24.5 Å². The molecule has 2 rings (SSSR count). The van der Waals surface area contributed by atoms with E-state index in [9.17, 15) is 0 Å². The van der Waals surface area contributed by atoms with Crippen LogP contribution in [0.5, 0.6) is 0 Å². The quantitative estimate of drug-likeness (QED) is 0.843. The summed E-state index contributed by atoms with van der Waals surface area (Å²) in [5.41, 5.74) is 0. The summed E-state index contributed by atoms with van der Waals surface area (Å²) in [6, 6.07) is 7.87. The number of nitrogens with one attached hydrogen (secondary N) is 1. The molecule has 0 radical (unpaired) electrons. The molecule has 0 amide bonds. The van der Waals surface area contributed by atoms with Crippen molar-refractivity contribution in [1.82, 2.24) is 10.2 Å². The zero-order valence-corrected chi connectivity index (χ0v) is 10.9. The molecule has 1 atom stereocenters. The molecular weight excluding hydrogens is 234 g/mol. The zero-order chi connectivity index (χ0) is 12.3. The lowest BCUT2D eigenvalue weighted by Gasteiger charge is -2.11. The fourth-order valence-corrected chi connectivity index (χ4v) is 1.81. The van der Waals surface area contributed by atoms with E-state index >= 15 is 0 Å². The molecule has 0 aliphatic heterocycles. The van der Waals surface area contributed by atoms with Gasteiger partial charge in [-0.05, 0) is 44.4 Å². The molecule has 2 aromatic heterocycles. The minimum absolute atomic E-state index is 0.0816. The number of anilines is 1. The summed E-state index contributed by atoms with van der Waals surface area (Å²) in [5.74, 6) is 2.57. The number of thioether (sulfide) groups is 1. The Kier molecular flexibility index (Phi) is 3.68. The van der Waals surface area contributed by atoms with Crippen LogP contribution >= 0.6 is 11.8 Å². The third-order valence-corrected chi connectivity index (χ3v) is 3.04. The number of hydrogen-bond donors (Lipinski definition) is 1. The third-order valence-electron chi connectivity index (χ3n) is 2.40. The Hall–Kier alpha value is -1.49. The van der Waals surface area contributed by atoms with Crippen molar-refractivity contribution in [1.29, 1.82) is 0 Å². The van der Waals surface area contributed by atoms with E-state index in [1.807, 2.05) is 44.4 Å². The normalized spacial score (nSPS) is 12.4. The molecule has 1 N–H and O–H groups in total. The van der Waals surface area contributed by atoms with Crippen LogP contribution in [0.2, 0.25) is 0 Å². The molecule has 0 aromatic carbocycles. The van der Waals surface area contributed by atoms with E-state index in [0.29, 0.717) is 0 Å². The van der Waals surface area contributed by atoms with Crippen LogP contribution in [0.3, 0.4) is 0 Å². The van der Waals surface area contributed by atoms with Gasteiger partial charge < -0.3 is 9.73 Å². The zero-order valence-electron chi connectivity index (χ0n) is 10.1. The van der Waals surface area contributed by atoms with Gasteiger partial charge in [-0.15, -0.1) is 22.0 Å². The molecule has 0 bridgehead atoms. The highest BCUT2D eigenvalue weighted by Gasteiger charge is 2.09. The average molecular weight is 249 g/mol. The van der Waals surface area contributed by atoms with E-state index in [1.54, 1.807) is 11.8 Å². The Bertz CT molecular complexity index is 481. The number of furan rings is 1. The summed E-state index contributed by atoms with van der Waals surface area (Å²) < 4.78 is 5.55. The number of nitrogens with zero attached hydrogens (tertiary/aromatic N) is 2. The molecule has 2 heterocycles. The van der Waals surface area contributed by atoms with Gasteiger partial charge in [-0.2, -0.15) is 0 Å². The molecule has 5 heteroatoms. The molecule has 0 saturated heterocycles. The Morgan fingerprint density at radius 1 is 1.24 bits per heavy atom. The van der Waals surface area contributed by atoms with Crippen LogP contribution in [0.4, 0.5) is 5.82 Å². The second-order valence-electron chi connectivity index (χ2n) is 3.78. The molecule has 17 heavy (non-hydrogen) atoms. The van der Waals surface area contributed by atoms with E-state index in [-0.39, 0.29) is 6.04 Å². The summed E-state index contributed by atoms with van der Waals surface area (Å²) in [7, 11) is 0. The predicted molar refractivity (Wildman–Crippen MR) is 69.3 cm³/mol. The Morgan fingerprint density at radius 2 is 2.06 bits per heavy atom. The highest BCUT2D eigenvalue weighted by Crippen LogP contribution is 2.20. The van der Waals surface area contributed by atoms with Gasteiger partial charge in [-0.3, -0.25) is 0 Å². The minimum Gasteiger partial charge on any atom is -0.464 e. The Morgan fingerprint density at radius 3 is 2.59 bits per heavy atom. The summed E-state index contributed by atoms with van der Waals surface area (Å²) in [5, 5.41) is 12.3. The van der Waals surface area contributed by atoms with Crippen molar-refractivity contribution in [3.63, 3.8) is 0 Å². The van der Waals surface area contributed by atoms with Crippen LogP contribution < -0.4 is 5.32 Å². The van der Waals surface area contributed by atoms with Gasteiger partial charge in [0, 0.05) is 0 Å². The lowest BCUT2D eigenvalue weighted by Crippen LogP contribution is -2.07. The molecule has 0 saturated carbocycles. The van der Waals surface area contributed by atoms with E-state index in [1.165, 1.54) is 0 Å². The molecular formula is C12H15N3OS. The maximum absolute atomic E-state index is 5.55. The van der Waals surface area contributed by atoms with Gasteiger partial charge >= 0.3 is 0 Å². The molecule has 4 nitrogen and oxygen atoms in total. The van der Waals surface area contributed by atoms with Gasteiger partial charge in [0.1, 0.15) is 22.4 Å². The maximum atomic E-state index is 5.55. The van der Waals surface area contributed by atoms with Gasteiger partial charge in [0.2, 0.25) is 0 Å². The van der Waals surface area contributed by atoms with Crippen LogP contribution in [-0.2, 0) is 0 Å². The van der Waals surface area contributed by atoms with E-state index < -0.39 is 0 Å². The molecule has 0 spiro atoms. The van der Waals surface area contributed by atoms with E-state index in [2.05, 4.69) is 15.5 Å².